The van der Waals surface area contributed by atoms with Crippen LogP contribution in [0, 0.1) is 12.8 Å². The Morgan fingerprint density at radius 3 is 2.79 bits per heavy atom. The topological polar surface area (TPSA) is 67.2 Å². The average Bonchev–Trinajstić information content (AvgIpc) is 3.41. The van der Waals surface area contributed by atoms with E-state index in [0.717, 1.165) is 50.9 Å². The van der Waals surface area contributed by atoms with Crippen molar-refractivity contribution in [3.05, 3.63) is 44.7 Å². The van der Waals surface area contributed by atoms with Crippen LogP contribution >= 0.6 is 24.0 Å². The summed E-state index contributed by atoms with van der Waals surface area (Å²) in [7, 11) is 0. The molecule has 0 bridgehead atoms. The van der Waals surface area contributed by atoms with Crippen LogP contribution in [0.4, 0.5) is 5.82 Å². The van der Waals surface area contributed by atoms with E-state index in [0.29, 0.717) is 38.7 Å². The van der Waals surface area contributed by atoms with E-state index >= 15 is 0 Å². The Bertz CT molecular complexity index is 1190. The first-order valence-electron chi connectivity index (χ1n) is 11.6. The summed E-state index contributed by atoms with van der Waals surface area (Å²) in [4.78, 5) is 36.0. The van der Waals surface area contributed by atoms with Crippen molar-refractivity contribution < 1.29 is 9.53 Å². The maximum Gasteiger partial charge on any atom is 0.267 e. The third-order valence-corrected chi connectivity index (χ3v) is 8.08. The van der Waals surface area contributed by atoms with Gasteiger partial charge in [-0.25, -0.2) is 4.98 Å². The highest BCUT2D eigenvalue weighted by Gasteiger charge is 2.35. The normalized spacial score (nSPS) is 23.5. The molecule has 1 atom stereocenters. The van der Waals surface area contributed by atoms with Gasteiger partial charge in [-0.2, -0.15) is 0 Å². The van der Waals surface area contributed by atoms with Crippen molar-refractivity contribution in [3.8, 4) is 0 Å². The molecule has 0 aliphatic carbocycles. The largest absolute Gasteiger partial charge is 0.376 e. The molecule has 0 N–H and O–H groups in total. The molecule has 3 aliphatic rings. The number of thioether (sulfide) groups is 1. The molecule has 3 aliphatic heterocycles. The fourth-order valence-electron chi connectivity index (χ4n) is 4.67. The molecule has 174 valence electrons. The molecule has 7 nitrogen and oxygen atoms in total. The smallest absolute Gasteiger partial charge is 0.267 e. The van der Waals surface area contributed by atoms with Crippen LogP contribution in [0.2, 0.25) is 0 Å². The zero-order valence-electron chi connectivity index (χ0n) is 19.0. The van der Waals surface area contributed by atoms with Gasteiger partial charge in [-0.1, -0.05) is 37.0 Å². The summed E-state index contributed by atoms with van der Waals surface area (Å²) in [6, 6.07) is 3.80. The summed E-state index contributed by atoms with van der Waals surface area (Å²) in [5.74, 6) is 1.15. The van der Waals surface area contributed by atoms with E-state index in [1.165, 1.54) is 11.8 Å². The van der Waals surface area contributed by atoms with Gasteiger partial charge >= 0.3 is 0 Å². The SMILES string of the molecule is Cc1cccn2c(=O)c(/C=C3\SC(=S)N(C[C@H]4CCCO4)C3=O)c(N3CCC(C)CC3)nc12. The second-order valence-electron chi connectivity index (χ2n) is 9.14. The molecule has 3 saturated heterocycles. The number of amides is 1. The van der Waals surface area contributed by atoms with Crippen molar-refractivity contribution >= 4 is 51.7 Å². The van der Waals surface area contributed by atoms with Crippen molar-refractivity contribution in [3.63, 3.8) is 0 Å². The Labute approximate surface area is 202 Å². The fourth-order valence-corrected chi connectivity index (χ4v) is 5.93. The van der Waals surface area contributed by atoms with Gasteiger partial charge in [0.15, 0.2) is 0 Å². The van der Waals surface area contributed by atoms with Gasteiger partial charge in [0, 0.05) is 25.9 Å². The second kappa shape index (κ2) is 9.19. The molecule has 0 spiro atoms. The number of hydrogen-bond acceptors (Lipinski definition) is 7. The Morgan fingerprint density at radius 1 is 1.27 bits per heavy atom. The molecule has 5 heterocycles. The van der Waals surface area contributed by atoms with E-state index in [4.69, 9.17) is 21.9 Å². The minimum atomic E-state index is -0.165. The number of rotatable bonds is 4. The van der Waals surface area contributed by atoms with Crippen molar-refractivity contribution in [2.24, 2.45) is 5.92 Å². The number of anilines is 1. The number of fused-ring (bicyclic) bond motifs is 1. The highest BCUT2D eigenvalue weighted by molar-refractivity contribution is 8.26. The number of nitrogens with zero attached hydrogens (tertiary/aromatic N) is 4. The van der Waals surface area contributed by atoms with Crippen LogP contribution in [-0.4, -0.2) is 56.9 Å². The molecule has 5 rings (SSSR count). The minimum Gasteiger partial charge on any atom is -0.376 e. The molecule has 2 aromatic heterocycles. The highest BCUT2D eigenvalue weighted by Crippen LogP contribution is 2.35. The zero-order chi connectivity index (χ0) is 23.1. The summed E-state index contributed by atoms with van der Waals surface area (Å²) >= 11 is 6.76. The van der Waals surface area contributed by atoms with Crippen molar-refractivity contribution in [1.29, 1.82) is 0 Å². The van der Waals surface area contributed by atoms with E-state index in [2.05, 4.69) is 11.8 Å². The van der Waals surface area contributed by atoms with Crippen molar-refractivity contribution in [1.82, 2.24) is 14.3 Å². The minimum absolute atomic E-state index is 0.0219. The van der Waals surface area contributed by atoms with Gasteiger partial charge in [0.05, 0.1) is 23.1 Å². The fraction of sp³-hybridized carbons (Fsp3) is 0.500. The number of carbonyl (C=O) groups excluding carboxylic acids is 1. The Balaban J connectivity index is 1.56. The zero-order valence-corrected chi connectivity index (χ0v) is 20.6. The molecule has 9 heteroatoms. The number of ether oxygens (including phenoxy) is 1. The number of aromatic nitrogens is 2. The summed E-state index contributed by atoms with van der Waals surface area (Å²) in [6.45, 7) is 7.09. The van der Waals surface area contributed by atoms with Gasteiger partial charge in [-0.15, -0.1) is 0 Å². The number of thiocarbonyl (C=S) groups is 1. The van der Waals surface area contributed by atoms with Gasteiger partial charge in [0.25, 0.3) is 11.5 Å². The first-order chi connectivity index (χ1) is 15.9. The van der Waals surface area contributed by atoms with Gasteiger partial charge < -0.3 is 9.64 Å². The van der Waals surface area contributed by atoms with Crippen LogP contribution in [0.5, 0.6) is 0 Å². The lowest BCUT2D eigenvalue weighted by Gasteiger charge is -2.32. The number of carbonyl (C=O) groups is 1. The van der Waals surface area contributed by atoms with Gasteiger partial charge in [-0.3, -0.25) is 18.9 Å². The third kappa shape index (κ3) is 4.34. The van der Waals surface area contributed by atoms with Gasteiger partial charge in [0.2, 0.25) is 0 Å². The van der Waals surface area contributed by atoms with E-state index in [1.807, 2.05) is 19.1 Å². The molecule has 0 unspecified atom stereocenters. The Kier molecular flexibility index (Phi) is 6.28. The molecule has 1 amide bonds. The molecule has 33 heavy (non-hydrogen) atoms. The van der Waals surface area contributed by atoms with E-state index in [1.54, 1.807) is 21.6 Å². The van der Waals surface area contributed by atoms with Crippen molar-refractivity contribution in [2.45, 2.75) is 45.6 Å². The summed E-state index contributed by atoms with van der Waals surface area (Å²) in [6.07, 6.45) is 7.50. The number of pyridine rings is 1. The Morgan fingerprint density at radius 2 is 2.06 bits per heavy atom. The number of piperidine rings is 1. The van der Waals surface area contributed by atoms with Crippen LogP contribution in [0.25, 0.3) is 11.7 Å². The lowest BCUT2D eigenvalue weighted by atomic mass is 9.99. The van der Waals surface area contributed by atoms with E-state index in [-0.39, 0.29) is 17.6 Å². The molecule has 2 aromatic rings. The summed E-state index contributed by atoms with van der Waals surface area (Å²) < 4.78 is 7.79. The van der Waals surface area contributed by atoms with Gasteiger partial charge in [0.1, 0.15) is 15.8 Å². The number of hydrogen-bond donors (Lipinski definition) is 0. The average molecular weight is 485 g/mol. The van der Waals surface area contributed by atoms with Gasteiger partial charge in [-0.05, 0) is 56.2 Å². The van der Waals surface area contributed by atoms with Crippen LogP contribution < -0.4 is 10.5 Å². The standard InChI is InChI=1S/C24H28N4O3S2/c1-15-7-10-26(11-8-15)21-18(22(29)27-9-3-5-16(2)20(27)25-21)13-19-23(30)28(24(32)33-19)14-17-6-4-12-31-17/h3,5,9,13,15,17H,4,6-8,10-12,14H2,1-2H3/b19-13-/t17-/m1/s1. The lowest BCUT2D eigenvalue weighted by Crippen LogP contribution is -2.36. The van der Waals surface area contributed by atoms with E-state index < -0.39 is 0 Å². The summed E-state index contributed by atoms with van der Waals surface area (Å²) in [5, 5.41) is 0. The maximum atomic E-state index is 13.6. The summed E-state index contributed by atoms with van der Waals surface area (Å²) in [5.41, 5.74) is 1.88. The monoisotopic (exact) mass is 484 g/mol. The van der Waals surface area contributed by atoms with Crippen LogP contribution in [0.15, 0.2) is 28.0 Å². The van der Waals surface area contributed by atoms with Crippen molar-refractivity contribution in [2.75, 3.05) is 31.1 Å². The first-order valence-corrected chi connectivity index (χ1v) is 12.8. The van der Waals surface area contributed by atoms with Crippen LogP contribution in [0.1, 0.15) is 43.7 Å². The molecule has 0 aromatic carbocycles. The Hall–Kier alpha value is -2.23. The molecule has 3 fully saturated rings. The molecule has 0 saturated carbocycles. The highest BCUT2D eigenvalue weighted by atomic mass is 32.2. The number of aryl methyl sites for hydroxylation is 1. The maximum absolute atomic E-state index is 13.6. The molecule has 0 radical (unpaired) electrons. The van der Waals surface area contributed by atoms with Crippen LogP contribution in [0.3, 0.4) is 0 Å². The predicted molar refractivity (Wildman–Crippen MR) is 136 cm³/mol. The predicted octanol–water partition coefficient (Wildman–Crippen LogP) is 3.62. The van der Waals surface area contributed by atoms with E-state index in [9.17, 15) is 9.59 Å². The third-order valence-electron chi connectivity index (χ3n) is 6.71. The molecular weight excluding hydrogens is 456 g/mol. The quantitative estimate of drug-likeness (QED) is 0.485. The molecular formula is C24H28N4O3S2. The lowest BCUT2D eigenvalue weighted by molar-refractivity contribution is -0.123. The first kappa shape index (κ1) is 22.6. The van der Waals surface area contributed by atoms with Crippen LogP contribution in [-0.2, 0) is 9.53 Å². The second-order valence-corrected chi connectivity index (χ2v) is 10.8.